The minimum Gasteiger partial charge on any atom is -0.348 e. The van der Waals surface area contributed by atoms with E-state index in [4.69, 9.17) is 4.98 Å². The minimum atomic E-state index is -4.18. The lowest BCUT2D eigenvalue weighted by molar-refractivity contribution is -0.137. The van der Waals surface area contributed by atoms with Crippen molar-refractivity contribution < 1.29 is 18.0 Å². The van der Waals surface area contributed by atoms with Gasteiger partial charge in [0, 0.05) is 43.5 Å². The first-order valence-corrected chi connectivity index (χ1v) is 12.3. The summed E-state index contributed by atoms with van der Waals surface area (Å²) in [4.78, 5) is 35.0. The maximum atomic E-state index is 13.3. The van der Waals surface area contributed by atoms with Crippen molar-refractivity contribution in [1.29, 1.82) is 0 Å². The molecular weight excluding hydrogens is 485 g/mol. The third-order valence-corrected chi connectivity index (χ3v) is 6.55. The summed E-state index contributed by atoms with van der Waals surface area (Å²) in [5, 5.41) is 7.87. The number of H-pyrrole nitrogens is 1. The van der Waals surface area contributed by atoms with Gasteiger partial charge in [-0.1, -0.05) is 6.08 Å². The largest absolute Gasteiger partial charge is 0.390 e. The Bertz CT molecular complexity index is 1400. The Balaban J connectivity index is 1.63. The van der Waals surface area contributed by atoms with Crippen molar-refractivity contribution in [3.05, 3.63) is 62.8 Å². The van der Waals surface area contributed by atoms with Crippen molar-refractivity contribution in [3.63, 3.8) is 0 Å². The number of halogens is 3. The molecule has 0 aliphatic carbocycles. The van der Waals surface area contributed by atoms with Crippen LogP contribution in [0.15, 0.2) is 29.2 Å². The minimum absolute atomic E-state index is 0.00289. The Kier molecular flexibility index (Phi) is 7.54. The van der Waals surface area contributed by atoms with E-state index in [-0.39, 0.29) is 30.6 Å². The summed E-state index contributed by atoms with van der Waals surface area (Å²) in [5.74, 6) is -0.362. The van der Waals surface area contributed by atoms with Gasteiger partial charge in [-0.2, -0.15) is 18.3 Å². The van der Waals surface area contributed by atoms with E-state index in [0.717, 1.165) is 16.8 Å². The monoisotopic (exact) mass is 516 g/mol. The number of pyridine rings is 2. The number of aromatic nitrogens is 4. The zero-order valence-corrected chi connectivity index (χ0v) is 21.4. The summed E-state index contributed by atoms with van der Waals surface area (Å²) >= 11 is 0. The van der Waals surface area contributed by atoms with Crippen molar-refractivity contribution in [3.8, 4) is 0 Å². The van der Waals surface area contributed by atoms with E-state index in [9.17, 15) is 22.8 Å². The summed E-state index contributed by atoms with van der Waals surface area (Å²) in [5.41, 5.74) is 4.19. The molecular formula is C26H31F3N6O2. The van der Waals surface area contributed by atoms with Crippen LogP contribution in [0.2, 0.25) is 0 Å². The molecule has 198 valence electrons. The molecule has 11 heteroatoms. The predicted octanol–water partition coefficient (Wildman–Crippen LogP) is 4.29. The number of aryl methyl sites for hydroxylation is 2. The standard InChI is InChI=1S/C26H31F3N6O2/c1-15(2)35-23-21(14-31-35)19(24(36)30-13-20-16(3)11-17(4)32-25(20)37)12-22(33-23)18-5-8-34(9-6-18)10-7-26(27,28)29/h5,11-12,14-15H,6-10,13H2,1-4H3,(H,30,36)(H,32,37). The SMILES string of the molecule is Cc1cc(C)c(CNC(=O)c2cc(C3=CCN(CCC(F)(F)F)CC3)nc3c2cnn3C(C)C)c(=O)[nH]1. The van der Waals surface area contributed by atoms with Crippen molar-refractivity contribution in [2.24, 2.45) is 0 Å². The average molecular weight is 517 g/mol. The van der Waals surface area contributed by atoms with Crippen molar-refractivity contribution >= 4 is 22.5 Å². The summed E-state index contributed by atoms with van der Waals surface area (Å²) in [6, 6.07) is 3.56. The molecule has 4 heterocycles. The maximum absolute atomic E-state index is 13.3. The number of hydrogen-bond acceptors (Lipinski definition) is 5. The fraction of sp³-hybridized carbons (Fsp3) is 0.462. The molecule has 0 spiro atoms. The second-order valence-electron chi connectivity index (χ2n) is 9.75. The number of aromatic amines is 1. The molecule has 0 aromatic carbocycles. The van der Waals surface area contributed by atoms with Gasteiger partial charge in [0.15, 0.2) is 5.65 Å². The number of carbonyl (C=O) groups excluding carboxylic acids is 1. The van der Waals surface area contributed by atoms with E-state index in [0.29, 0.717) is 47.4 Å². The normalized spacial score (nSPS) is 14.9. The third kappa shape index (κ3) is 6.10. The molecule has 1 amide bonds. The quantitative estimate of drug-likeness (QED) is 0.489. The summed E-state index contributed by atoms with van der Waals surface area (Å²) in [6.07, 6.45) is -1.02. The van der Waals surface area contributed by atoms with Gasteiger partial charge < -0.3 is 10.3 Å². The second kappa shape index (κ2) is 10.5. The van der Waals surface area contributed by atoms with Gasteiger partial charge in [-0.05, 0) is 57.4 Å². The second-order valence-corrected chi connectivity index (χ2v) is 9.75. The first-order valence-electron chi connectivity index (χ1n) is 12.3. The van der Waals surface area contributed by atoms with E-state index in [1.165, 1.54) is 0 Å². The average Bonchev–Trinajstić information content (AvgIpc) is 3.25. The van der Waals surface area contributed by atoms with E-state index in [1.54, 1.807) is 28.8 Å². The molecule has 0 saturated carbocycles. The molecule has 37 heavy (non-hydrogen) atoms. The number of alkyl halides is 3. The van der Waals surface area contributed by atoms with E-state index in [2.05, 4.69) is 15.4 Å². The highest BCUT2D eigenvalue weighted by Gasteiger charge is 2.28. The number of hydrogen-bond donors (Lipinski definition) is 2. The van der Waals surface area contributed by atoms with Gasteiger partial charge in [-0.15, -0.1) is 0 Å². The molecule has 3 aromatic heterocycles. The lowest BCUT2D eigenvalue weighted by atomic mass is 10.0. The van der Waals surface area contributed by atoms with Crippen LogP contribution < -0.4 is 10.9 Å². The molecule has 0 atom stereocenters. The summed E-state index contributed by atoms with van der Waals surface area (Å²) in [6.45, 7) is 8.42. The number of rotatable bonds is 7. The Morgan fingerprint density at radius 3 is 2.62 bits per heavy atom. The lowest BCUT2D eigenvalue weighted by Gasteiger charge is -2.26. The number of fused-ring (bicyclic) bond motifs is 1. The van der Waals surface area contributed by atoms with Crippen LogP contribution in [0, 0.1) is 13.8 Å². The molecule has 0 saturated heterocycles. The van der Waals surface area contributed by atoms with Gasteiger partial charge in [0.1, 0.15) is 0 Å². The van der Waals surface area contributed by atoms with Crippen LogP contribution in [0.5, 0.6) is 0 Å². The molecule has 0 radical (unpaired) electrons. The Morgan fingerprint density at radius 1 is 1.24 bits per heavy atom. The van der Waals surface area contributed by atoms with Crippen molar-refractivity contribution in [2.45, 2.75) is 59.3 Å². The fourth-order valence-electron chi connectivity index (χ4n) is 4.55. The smallest absolute Gasteiger partial charge is 0.348 e. The molecule has 0 fully saturated rings. The van der Waals surface area contributed by atoms with Gasteiger partial charge >= 0.3 is 6.18 Å². The van der Waals surface area contributed by atoms with E-state index < -0.39 is 12.6 Å². The Morgan fingerprint density at radius 2 is 2.00 bits per heavy atom. The molecule has 1 aliphatic rings. The number of carbonyl (C=O) groups is 1. The van der Waals surface area contributed by atoms with Gasteiger partial charge in [-0.25, -0.2) is 9.67 Å². The molecule has 0 bridgehead atoms. The van der Waals surface area contributed by atoms with Crippen LogP contribution >= 0.6 is 0 Å². The number of nitrogens with zero attached hydrogens (tertiary/aromatic N) is 4. The van der Waals surface area contributed by atoms with Gasteiger partial charge in [0.2, 0.25) is 0 Å². The van der Waals surface area contributed by atoms with Crippen LogP contribution in [-0.4, -0.2) is 56.4 Å². The molecule has 2 N–H and O–H groups in total. The number of amides is 1. The molecule has 1 aliphatic heterocycles. The molecule has 4 rings (SSSR count). The van der Waals surface area contributed by atoms with Crippen molar-refractivity contribution in [1.82, 2.24) is 30.0 Å². The van der Waals surface area contributed by atoms with Gasteiger partial charge in [-0.3, -0.25) is 14.5 Å². The third-order valence-electron chi connectivity index (χ3n) is 6.55. The molecule has 8 nitrogen and oxygen atoms in total. The summed E-state index contributed by atoms with van der Waals surface area (Å²) < 4.78 is 39.6. The van der Waals surface area contributed by atoms with Crippen LogP contribution in [0.1, 0.15) is 65.6 Å². The van der Waals surface area contributed by atoms with Gasteiger partial charge in [0.25, 0.3) is 11.5 Å². The Labute approximate surface area is 212 Å². The Hall–Kier alpha value is -3.47. The fourth-order valence-corrected chi connectivity index (χ4v) is 4.55. The van der Waals surface area contributed by atoms with Crippen LogP contribution in [0.3, 0.4) is 0 Å². The topological polar surface area (TPSA) is 95.9 Å². The van der Waals surface area contributed by atoms with Crippen LogP contribution in [0.4, 0.5) is 13.2 Å². The highest BCUT2D eigenvalue weighted by molar-refractivity contribution is 6.06. The highest BCUT2D eigenvalue weighted by Crippen LogP contribution is 2.28. The first-order chi connectivity index (χ1) is 17.4. The zero-order valence-electron chi connectivity index (χ0n) is 21.4. The molecule has 3 aromatic rings. The molecule has 0 unspecified atom stereocenters. The maximum Gasteiger partial charge on any atom is 0.390 e. The summed E-state index contributed by atoms with van der Waals surface area (Å²) in [7, 11) is 0. The van der Waals surface area contributed by atoms with Gasteiger partial charge in [0.05, 0.1) is 29.3 Å². The predicted molar refractivity (Wildman–Crippen MR) is 135 cm³/mol. The van der Waals surface area contributed by atoms with Crippen LogP contribution in [0.25, 0.3) is 16.6 Å². The highest BCUT2D eigenvalue weighted by atomic mass is 19.4. The lowest BCUT2D eigenvalue weighted by Crippen LogP contribution is -2.32. The van der Waals surface area contributed by atoms with E-state index >= 15 is 0 Å². The first kappa shape index (κ1) is 26.6. The van der Waals surface area contributed by atoms with E-state index in [1.807, 2.05) is 32.9 Å². The zero-order chi connectivity index (χ0) is 26.9. The van der Waals surface area contributed by atoms with Crippen molar-refractivity contribution in [2.75, 3.05) is 19.6 Å². The number of nitrogens with one attached hydrogen (secondary N) is 2. The van der Waals surface area contributed by atoms with Crippen LogP contribution in [-0.2, 0) is 6.54 Å².